The zero-order chi connectivity index (χ0) is 78.4. The van der Waals surface area contributed by atoms with Gasteiger partial charge in [-0.1, -0.05) is 296 Å². The Kier molecular flexibility index (Phi) is 16.1. The van der Waals surface area contributed by atoms with Gasteiger partial charge in [0.25, 0.3) is 6.71 Å². The van der Waals surface area contributed by atoms with Gasteiger partial charge in [-0.2, -0.15) is 0 Å². The molecule has 0 N–H and O–H groups in total. The molecule has 556 valence electrons. The first-order chi connectivity index (χ1) is 57.3. The quantitative estimate of drug-likeness (QED) is 0.114. The van der Waals surface area contributed by atoms with E-state index in [9.17, 15) is 0 Å². The number of hydrogen-bond acceptors (Lipinski definition) is 3. The topological polar surface area (TPSA) is 24.5 Å². The molecule has 0 amide bonds. The first-order valence-corrected chi connectivity index (χ1v) is 40.9. The van der Waals surface area contributed by atoms with Crippen LogP contribution in [0.25, 0.3) is 127 Å². The predicted octanol–water partition coefficient (Wildman–Crippen LogP) is 27.8. The van der Waals surface area contributed by atoms with Gasteiger partial charge in [-0.15, -0.1) is 0 Å². The molecule has 0 unspecified atom stereocenters. The van der Waals surface area contributed by atoms with E-state index in [0.717, 1.165) is 124 Å². The molecule has 6 nitrogen and oxygen atoms in total. The van der Waals surface area contributed by atoms with E-state index >= 15 is 0 Å². The van der Waals surface area contributed by atoms with E-state index in [1.54, 1.807) is 0 Å². The SMILES string of the molecule is CC(C)(C)c1ccc2c(c1)c1cc(C(C)(C)C)ccc1n2-c1ccc2c(c1)N(c1cc(-c3ccccc3)cc(-c3ccccc3)c1)c1cc(-n3c4ccccc4c4ccccc43)cc3c1B2c1ccc(N(c2ccccc2)c2ccc(-n4c5ccccc5c5ccccc54)cc2)cc1N3c1c(-c2ccccc2)cccc1-c1ccccc1. The smallest absolute Gasteiger partial charge is 0.252 e. The third-order valence-corrected chi connectivity index (χ3v) is 24.7. The number of para-hydroxylation sites is 6. The minimum Gasteiger partial charge on any atom is -0.311 e. The van der Waals surface area contributed by atoms with Gasteiger partial charge in [0.05, 0.1) is 44.5 Å². The van der Waals surface area contributed by atoms with Crippen LogP contribution in [0.2, 0.25) is 0 Å². The van der Waals surface area contributed by atoms with E-state index in [4.69, 9.17) is 0 Å². The molecule has 0 aliphatic carbocycles. The zero-order valence-corrected chi connectivity index (χ0v) is 66.3. The number of anilines is 9. The van der Waals surface area contributed by atoms with Crippen LogP contribution in [0.15, 0.2) is 394 Å². The molecule has 7 heteroatoms. The molecule has 17 aromatic carbocycles. The van der Waals surface area contributed by atoms with Crippen molar-refractivity contribution in [3.8, 4) is 61.6 Å². The molecular formula is C110H83BN6. The molecule has 2 aliphatic rings. The zero-order valence-electron chi connectivity index (χ0n) is 66.3. The lowest BCUT2D eigenvalue weighted by molar-refractivity contribution is 0.590. The fraction of sp³-hybridized carbons (Fsp3) is 0.0727. The average molecular weight is 1500 g/mol. The standard InChI is InChI=1S/C110H83BN6/c1-109(2,3)78-51-61-101-93(66-78)94-67-79(110(4,5)6)52-62-102(94)114(101)84-58-60-95-103(69-84)116(85-64-76(72-31-12-7-13-32-72)63-77(65-85)73-33-14-8-15-34-73)105-70-86(115-99-49-28-24-43-91(99)92-44-25-29-50-100(92)115)71-106-107(105)111(95)96-59-57-83(68-104(96)117(106)108-87(74-35-16-9-17-36-74)45-30-46-88(108)75-37-18-10-19-38-75)112(80-39-20-11-21-40-80)81-53-55-82(56-54-81)113-97-47-26-22-41-89(97)90-42-23-27-48-98(90)113/h7-71H,1-6H3. The van der Waals surface area contributed by atoms with Gasteiger partial charge in [0.15, 0.2) is 0 Å². The number of aromatic nitrogens is 3. The van der Waals surface area contributed by atoms with Crippen LogP contribution in [0.5, 0.6) is 0 Å². The van der Waals surface area contributed by atoms with Crippen molar-refractivity contribution in [2.75, 3.05) is 14.7 Å². The monoisotopic (exact) mass is 1500 g/mol. The van der Waals surface area contributed by atoms with Crippen LogP contribution in [0.3, 0.4) is 0 Å². The van der Waals surface area contributed by atoms with Crippen LogP contribution in [0.1, 0.15) is 52.7 Å². The Bertz CT molecular complexity index is 7040. The van der Waals surface area contributed by atoms with Crippen LogP contribution in [0.4, 0.5) is 51.2 Å². The average Bonchev–Trinajstić information content (AvgIpc) is 1.08. The van der Waals surface area contributed by atoms with E-state index in [-0.39, 0.29) is 17.5 Å². The number of benzene rings is 17. The molecule has 117 heavy (non-hydrogen) atoms. The van der Waals surface area contributed by atoms with Gasteiger partial charge in [-0.05, 0) is 211 Å². The largest absolute Gasteiger partial charge is 0.311 e. The summed E-state index contributed by atoms with van der Waals surface area (Å²) >= 11 is 0. The molecule has 0 bridgehead atoms. The van der Waals surface area contributed by atoms with E-state index in [1.807, 2.05) is 0 Å². The summed E-state index contributed by atoms with van der Waals surface area (Å²) in [5.74, 6) is 0. The number of nitrogens with zero attached hydrogens (tertiary/aromatic N) is 6. The van der Waals surface area contributed by atoms with E-state index in [2.05, 4.69) is 464 Å². The van der Waals surface area contributed by atoms with Crippen molar-refractivity contribution in [2.45, 2.75) is 52.4 Å². The molecule has 0 atom stereocenters. The fourth-order valence-corrected chi connectivity index (χ4v) is 19.1. The molecule has 0 saturated carbocycles. The van der Waals surface area contributed by atoms with Crippen LogP contribution in [-0.2, 0) is 10.8 Å². The van der Waals surface area contributed by atoms with Crippen LogP contribution >= 0.6 is 0 Å². The van der Waals surface area contributed by atoms with Crippen molar-refractivity contribution in [1.29, 1.82) is 0 Å². The van der Waals surface area contributed by atoms with E-state index in [0.29, 0.717) is 0 Å². The predicted molar refractivity (Wildman–Crippen MR) is 497 cm³/mol. The lowest BCUT2D eigenvalue weighted by Gasteiger charge is -2.45. The summed E-state index contributed by atoms with van der Waals surface area (Å²) in [5, 5.41) is 7.35. The third kappa shape index (κ3) is 11.4. The molecule has 5 heterocycles. The Balaban J connectivity index is 0.878. The number of hydrogen-bond donors (Lipinski definition) is 0. The molecule has 2 aliphatic heterocycles. The second-order valence-electron chi connectivity index (χ2n) is 33.6. The second kappa shape index (κ2) is 27.2. The second-order valence-corrected chi connectivity index (χ2v) is 33.6. The molecule has 0 radical (unpaired) electrons. The highest BCUT2D eigenvalue weighted by Crippen LogP contribution is 2.54. The number of rotatable bonds is 12. The lowest BCUT2D eigenvalue weighted by atomic mass is 9.33. The Hall–Kier alpha value is -14.4. The summed E-state index contributed by atoms with van der Waals surface area (Å²) in [7, 11) is 0. The Morgan fingerprint density at radius 2 is 0.598 bits per heavy atom. The van der Waals surface area contributed by atoms with Crippen molar-refractivity contribution < 1.29 is 0 Å². The molecule has 22 rings (SSSR count). The van der Waals surface area contributed by atoms with Gasteiger partial charge in [-0.3, -0.25) is 0 Å². The first kappa shape index (κ1) is 69.3. The van der Waals surface area contributed by atoms with Crippen molar-refractivity contribution in [1.82, 2.24) is 13.7 Å². The van der Waals surface area contributed by atoms with E-state index < -0.39 is 0 Å². The summed E-state index contributed by atoms with van der Waals surface area (Å²) in [6, 6.07) is 148. The van der Waals surface area contributed by atoms with Crippen LogP contribution in [0, 0.1) is 0 Å². The summed E-state index contributed by atoms with van der Waals surface area (Å²) in [6.45, 7) is 13.7. The van der Waals surface area contributed by atoms with Crippen molar-refractivity contribution >= 4 is 140 Å². The molecular weight excluding hydrogens is 1420 g/mol. The maximum atomic E-state index is 2.69. The van der Waals surface area contributed by atoms with E-state index in [1.165, 1.54) is 81.9 Å². The number of fused-ring (bicyclic) bond motifs is 13. The molecule has 20 aromatic rings. The molecule has 0 saturated heterocycles. The normalized spacial score (nSPS) is 12.6. The maximum Gasteiger partial charge on any atom is 0.252 e. The summed E-state index contributed by atoms with van der Waals surface area (Å²) in [4.78, 5) is 7.80. The van der Waals surface area contributed by atoms with Gasteiger partial charge < -0.3 is 28.4 Å². The van der Waals surface area contributed by atoms with Gasteiger partial charge in [0, 0.05) is 100 Å². The van der Waals surface area contributed by atoms with Gasteiger partial charge >= 0.3 is 0 Å². The highest BCUT2D eigenvalue weighted by Gasteiger charge is 2.46. The molecule has 0 spiro atoms. The molecule has 3 aromatic heterocycles. The summed E-state index contributed by atoms with van der Waals surface area (Å²) in [6.07, 6.45) is 0. The van der Waals surface area contributed by atoms with Gasteiger partial charge in [0.2, 0.25) is 0 Å². The third-order valence-electron chi connectivity index (χ3n) is 24.7. The molecule has 0 fully saturated rings. The Morgan fingerprint density at radius 3 is 1.08 bits per heavy atom. The van der Waals surface area contributed by atoms with Gasteiger partial charge in [0.1, 0.15) is 0 Å². The summed E-state index contributed by atoms with van der Waals surface area (Å²) < 4.78 is 7.50. The Morgan fingerprint density at radius 1 is 0.231 bits per heavy atom. The van der Waals surface area contributed by atoms with Crippen molar-refractivity contribution in [3.05, 3.63) is 405 Å². The lowest BCUT2D eigenvalue weighted by Crippen LogP contribution is -2.61. The minimum atomic E-state index is -0.310. The highest BCUT2D eigenvalue weighted by molar-refractivity contribution is 7.00. The van der Waals surface area contributed by atoms with Crippen LogP contribution in [-0.4, -0.2) is 20.4 Å². The van der Waals surface area contributed by atoms with Crippen molar-refractivity contribution in [2.24, 2.45) is 0 Å². The van der Waals surface area contributed by atoms with Crippen molar-refractivity contribution in [3.63, 3.8) is 0 Å². The van der Waals surface area contributed by atoms with Crippen LogP contribution < -0.4 is 31.1 Å². The van der Waals surface area contributed by atoms with Gasteiger partial charge in [-0.25, -0.2) is 0 Å². The first-order valence-electron chi connectivity index (χ1n) is 40.9. The Labute approximate surface area is 683 Å². The highest BCUT2D eigenvalue weighted by atomic mass is 15.2. The summed E-state index contributed by atoms with van der Waals surface area (Å²) in [5.41, 5.74) is 34.7. The maximum absolute atomic E-state index is 2.69. The fourth-order valence-electron chi connectivity index (χ4n) is 19.1. The minimum absolute atomic E-state index is 0.0756.